The summed E-state index contributed by atoms with van der Waals surface area (Å²) in [6, 6.07) is 3.25. The van der Waals surface area contributed by atoms with Crippen molar-refractivity contribution in [2.75, 3.05) is 18.5 Å². The molecule has 0 unspecified atom stereocenters. The van der Waals surface area contributed by atoms with Crippen molar-refractivity contribution >= 4 is 11.9 Å². The van der Waals surface area contributed by atoms with Crippen LogP contribution in [0.15, 0.2) is 17.1 Å². The minimum Gasteiger partial charge on any atom is -0.449 e. The molecule has 2 heterocycles. The van der Waals surface area contributed by atoms with E-state index in [4.69, 9.17) is 9.47 Å². The van der Waals surface area contributed by atoms with E-state index >= 15 is 0 Å². The number of nitrogens with one attached hydrogen (secondary N) is 1. The van der Waals surface area contributed by atoms with Crippen LogP contribution in [0.4, 0.5) is 10.6 Å². The van der Waals surface area contributed by atoms with Gasteiger partial charge in [0.05, 0.1) is 19.3 Å². The van der Waals surface area contributed by atoms with Crippen molar-refractivity contribution in [3.8, 4) is 6.07 Å². The Hall–Kier alpha value is -2.48. The molecule has 1 aliphatic rings. The average molecular weight is 408 g/mol. The molecule has 3 N–H and O–H groups in total. The number of carbonyl (C=O) groups excluding carboxylic acids is 1. The van der Waals surface area contributed by atoms with Gasteiger partial charge in [-0.15, -0.1) is 0 Å². The maximum absolute atomic E-state index is 12.3. The maximum Gasteiger partial charge on any atom is 0.412 e. The first-order valence-corrected chi connectivity index (χ1v) is 9.88. The Bertz CT molecular complexity index is 762. The van der Waals surface area contributed by atoms with Crippen molar-refractivity contribution in [3.05, 3.63) is 22.7 Å². The standard InChI is InChI=1S/C19H28N4O6/c1-2-3-4-5-6-7-10-28-19(27)22-15-8-9-23(18(26)21-15)17-13(11-20)16(25)14(12-24)29-17/h8-9,13-14,16-17,24-25H,2-7,10,12H2,1H3,(H,21,22,26,27)/t13-,14+,16-,17+/m0/s1. The molecule has 1 aromatic rings. The zero-order chi connectivity index (χ0) is 21.2. The first-order chi connectivity index (χ1) is 14.0. The third-order valence-electron chi connectivity index (χ3n) is 4.76. The van der Waals surface area contributed by atoms with E-state index in [1.165, 1.54) is 31.5 Å². The summed E-state index contributed by atoms with van der Waals surface area (Å²) in [7, 11) is 0. The molecule has 0 saturated carbocycles. The van der Waals surface area contributed by atoms with Gasteiger partial charge in [-0.25, -0.2) is 9.59 Å². The third kappa shape index (κ3) is 6.25. The van der Waals surface area contributed by atoms with Crippen LogP contribution in [0.3, 0.4) is 0 Å². The SMILES string of the molecule is CCCCCCCCOC(=O)Nc1ccn([C@@H]2O[C@H](CO)[C@@H](O)[C@@H]2C#N)c(=O)n1. The summed E-state index contributed by atoms with van der Waals surface area (Å²) in [5, 5.41) is 30.8. The average Bonchev–Trinajstić information content (AvgIpc) is 3.02. The number of unbranched alkanes of at least 4 members (excludes halogenated alkanes) is 5. The van der Waals surface area contributed by atoms with Crippen LogP contribution in [-0.2, 0) is 9.47 Å². The number of nitrogens with zero attached hydrogens (tertiary/aromatic N) is 3. The van der Waals surface area contributed by atoms with Gasteiger partial charge in [0, 0.05) is 6.20 Å². The molecule has 4 atom stereocenters. The van der Waals surface area contributed by atoms with Crippen molar-refractivity contribution in [2.45, 2.75) is 63.9 Å². The van der Waals surface area contributed by atoms with E-state index in [2.05, 4.69) is 17.2 Å². The van der Waals surface area contributed by atoms with Gasteiger partial charge >= 0.3 is 11.8 Å². The van der Waals surface area contributed by atoms with Gasteiger partial charge in [0.2, 0.25) is 0 Å². The molecule has 160 valence electrons. The van der Waals surface area contributed by atoms with E-state index in [-0.39, 0.29) is 12.4 Å². The van der Waals surface area contributed by atoms with Gasteiger partial charge in [-0.3, -0.25) is 9.88 Å². The fraction of sp³-hybridized carbons (Fsp3) is 0.684. The summed E-state index contributed by atoms with van der Waals surface area (Å²) >= 11 is 0. The molecular weight excluding hydrogens is 380 g/mol. The van der Waals surface area contributed by atoms with Gasteiger partial charge in [0.25, 0.3) is 0 Å². The fourth-order valence-corrected chi connectivity index (χ4v) is 3.14. The second kappa shape index (κ2) is 11.5. The summed E-state index contributed by atoms with van der Waals surface area (Å²) in [5.41, 5.74) is -0.769. The number of aliphatic hydroxyl groups is 2. The van der Waals surface area contributed by atoms with Gasteiger partial charge in [-0.2, -0.15) is 10.2 Å². The molecule has 1 aromatic heterocycles. The number of aliphatic hydroxyl groups excluding tert-OH is 2. The molecule has 10 heteroatoms. The van der Waals surface area contributed by atoms with Gasteiger partial charge < -0.3 is 19.7 Å². The summed E-state index contributed by atoms with van der Waals surface area (Å²) in [6.07, 6.45) is 3.76. The van der Waals surface area contributed by atoms with E-state index in [0.717, 1.165) is 23.8 Å². The minimum absolute atomic E-state index is 0.00459. The highest BCUT2D eigenvalue weighted by atomic mass is 16.6. The van der Waals surface area contributed by atoms with Crippen LogP contribution in [0, 0.1) is 17.2 Å². The van der Waals surface area contributed by atoms with Crippen molar-refractivity contribution in [3.63, 3.8) is 0 Å². The van der Waals surface area contributed by atoms with Crippen molar-refractivity contribution in [1.82, 2.24) is 9.55 Å². The Kier molecular flexibility index (Phi) is 9.05. The molecule has 0 aliphatic carbocycles. The predicted octanol–water partition coefficient (Wildman–Crippen LogP) is 1.54. The lowest BCUT2D eigenvalue weighted by Crippen LogP contribution is -2.32. The Morgan fingerprint density at radius 1 is 1.38 bits per heavy atom. The molecule has 1 fully saturated rings. The van der Waals surface area contributed by atoms with Crippen molar-refractivity contribution in [2.24, 2.45) is 5.92 Å². The largest absolute Gasteiger partial charge is 0.449 e. The zero-order valence-corrected chi connectivity index (χ0v) is 16.5. The quantitative estimate of drug-likeness (QED) is 0.494. The van der Waals surface area contributed by atoms with Crippen molar-refractivity contribution in [1.29, 1.82) is 5.26 Å². The van der Waals surface area contributed by atoms with Crippen LogP contribution in [0.2, 0.25) is 0 Å². The van der Waals surface area contributed by atoms with Gasteiger partial charge in [0.1, 0.15) is 23.9 Å². The predicted molar refractivity (Wildman–Crippen MR) is 103 cm³/mol. The van der Waals surface area contributed by atoms with Crippen molar-refractivity contribution < 1.29 is 24.5 Å². The fourth-order valence-electron chi connectivity index (χ4n) is 3.14. The topological polar surface area (TPSA) is 147 Å². The molecule has 1 saturated heterocycles. The molecule has 0 radical (unpaired) electrons. The smallest absolute Gasteiger partial charge is 0.412 e. The molecule has 10 nitrogen and oxygen atoms in total. The van der Waals surface area contributed by atoms with Gasteiger partial charge in [-0.1, -0.05) is 39.0 Å². The summed E-state index contributed by atoms with van der Waals surface area (Å²) in [5.74, 6) is -1.03. The van der Waals surface area contributed by atoms with E-state index in [0.29, 0.717) is 0 Å². The van der Waals surface area contributed by atoms with Crippen LogP contribution in [0.1, 0.15) is 51.7 Å². The van der Waals surface area contributed by atoms with Crippen LogP contribution in [0.25, 0.3) is 0 Å². The summed E-state index contributed by atoms with van der Waals surface area (Å²) in [4.78, 5) is 27.8. The molecule has 1 aliphatic heterocycles. The Morgan fingerprint density at radius 2 is 2.10 bits per heavy atom. The molecule has 0 bridgehead atoms. The lowest BCUT2D eigenvalue weighted by molar-refractivity contribution is -0.0469. The maximum atomic E-state index is 12.3. The minimum atomic E-state index is -1.23. The first-order valence-electron chi connectivity index (χ1n) is 9.88. The monoisotopic (exact) mass is 408 g/mol. The highest BCUT2D eigenvalue weighted by Crippen LogP contribution is 2.33. The summed E-state index contributed by atoms with van der Waals surface area (Å²) < 4.78 is 11.5. The second-order valence-electron chi connectivity index (χ2n) is 6.92. The zero-order valence-electron chi connectivity index (χ0n) is 16.5. The van der Waals surface area contributed by atoms with E-state index in [1.807, 2.05) is 6.07 Å². The Labute approximate surface area is 169 Å². The number of rotatable bonds is 10. The Morgan fingerprint density at radius 3 is 2.76 bits per heavy atom. The number of hydrogen-bond donors (Lipinski definition) is 3. The van der Waals surface area contributed by atoms with Crippen LogP contribution >= 0.6 is 0 Å². The molecule has 0 spiro atoms. The molecule has 29 heavy (non-hydrogen) atoms. The highest BCUT2D eigenvalue weighted by molar-refractivity contribution is 5.83. The number of carbonyl (C=O) groups is 1. The summed E-state index contributed by atoms with van der Waals surface area (Å²) in [6.45, 7) is 1.95. The molecule has 0 aromatic carbocycles. The lowest BCUT2D eigenvalue weighted by Gasteiger charge is -2.16. The van der Waals surface area contributed by atoms with Gasteiger partial charge in [-0.05, 0) is 12.5 Å². The Balaban J connectivity index is 1.87. The number of nitriles is 1. The normalized spacial score (nSPS) is 23.5. The highest BCUT2D eigenvalue weighted by Gasteiger charge is 2.45. The van der Waals surface area contributed by atoms with E-state index < -0.39 is 42.7 Å². The van der Waals surface area contributed by atoms with Gasteiger partial charge in [0.15, 0.2) is 6.23 Å². The second-order valence-corrected chi connectivity index (χ2v) is 6.92. The number of hydrogen-bond acceptors (Lipinski definition) is 8. The first kappa shape index (κ1) is 22.8. The number of amides is 1. The molecule has 2 rings (SSSR count). The number of anilines is 1. The van der Waals surface area contributed by atoms with Crippen LogP contribution < -0.4 is 11.0 Å². The van der Waals surface area contributed by atoms with E-state index in [9.17, 15) is 25.1 Å². The third-order valence-corrected chi connectivity index (χ3v) is 4.76. The van der Waals surface area contributed by atoms with Crippen LogP contribution in [-0.4, -0.2) is 51.3 Å². The molecular formula is C19H28N4O6. The number of ether oxygens (including phenoxy) is 2. The van der Waals surface area contributed by atoms with E-state index in [1.54, 1.807) is 0 Å². The lowest BCUT2D eigenvalue weighted by atomic mass is 10.0. The molecule has 1 amide bonds. The van der Waals surface area contributed by atoms with Crippen LogP contribution in [0.5, 0.6) is 0 Å². The number of aromatic nitrogens is 2.